The number of phenolic OH excluding ortho intramolecular Hbond substituents is 1. The molecular weight excluding hydrogens is 228 g/mol. The Balaban J connectivity index is 2.21. The number of nitrogens with one attached hydrogen (secondary N) is 2. The average Bonchev–Trinajstić information content (AvgIpc) is 2.32. The molecule has 0 radical (unpaired) electrons. The minimum absolute atomic E-state index is 0.0229. The second-order valence-electron chi connectivity index (χ2n) is 4.53. The van der Waals surface area contributed by atoms with E-state index in [2.05, 4.69) is 17.6 Å². The minimum Gasteiger partial charge on any atom is -0.508 e. The zero-order valence-electron chi connectivity index (χ0n) is 11.1. The van der Waals surface area contributed by atoms with E-state index in [4.69, 9.17) is 5.11 Å². The van der Waals surface area contributed by atoms with Crippen LogP contribution < -0.4 is 10.6 Å². The normalized spacial score (nSPS) is 12.1. The molecule has 1 amide bonds. The Kier molecular flexibility index (Phi) is 6.22. The van der Waals surface area contributed by atoms with E-state index in [-0.39, 0.29) is 17.7 Å². The lowest BCUT2D eigenvalue weighted by atomic mass is 10.2. The van der Waals surface area contributed by atoms with Crippen molar-refractivity contribution < 1.29 is 9.90 Å². The Bertz CT molecular complexity index is 363. The van der Waals surface area contributed by atoms with E-state index < -0.39 is 0 Å². The molecule has 18 heavy (non-hydrogen) atoms. The summed E-state index contributed by atoms with van der Waals surface area (Å²) in [6.07, 6.45) is 2.08. The molecule has 0 bridgehead atoms. The first-order chi connectivity index (χ1) is 8.61. The largest absolute Gasteiger partial charge is 0.508 e. The molecule has 3 N–H and O–H groups in total. The van der Waals surface area contributed by atoms with E-state index in [0.29, 0.717) is 13.1 Å². The highest BCUT2D eigenvalue weighted by Gasteiger charge is 2.05. The molecule has 1 rings (SSSR count). The van der Waals surface area contributed by atoms with Gasteiger partial charge in [-0.15, -0.1) is 0 Å². The molecule has 0 aliphatic carbocycles. The first-order valence-electron chi connectivity index (χ1n) is 6.39. The molecule has 0 spiro atoms. The molecule has 0 aliphatic rings. The third-order valence-corrected chi connectivity index (χ3v) is 2.68. The number of hydrogen-bond acceptors (Lipinski definition) is 3. The zero-order valence-corrected chi connectivity index (χ0v) is 11.1. The van der Waals surface area contributed by atoms with Crippen LogP contribution in [0.3, 0.4) is 0 Å². The fraction of sp³-hybridized carbons (Fsp3) is 0.500. The van der Waals surface area contributed by atoms with Crippen LogP contribution in [0.1, 0.15) is 32.3 Å². The molecule has 0 saturated carbocycles. The summed E-state index contributed by atoms with van der Waals surface area (Å²) in [6, 6.07) is 7.18. The third-order valence-electron chi connectivity index (χ3n) is 2.68. The number of carbonyl (C=O) groups excluding carboxylic acids is 1. The van der Waals surface area contributed by atoms with Gasteiger partial charge < -0.3 is 15.7 Å². The first-order valence-corrected chi connectivity index (χ1v) is 6.39. The van der Waals surface area contributed by atoms with Crippen LogP contribution in [0, 0.1) is 0 Å². The predicted molar refractivity (Wildman–Crippen MR) is 72.3 cm³/mol. The molecule has 1 unspecified atom stereocenters. The van der Waals surface area contributed by atoms with Crippen molar-refractivity contribution in [1.29, 1.82) is 0 Å². The van der Waals surface area contributed by atoms with E-state index in [1.54, 1.807) is 12.1 Å². The molecule has 1 atom stereocenters. The lowest BCUT2D eigenvalue weighted by molar-refractivity contribution is -0.120. The van der Waals surface area contributed by atoms with Crippen LogP contribution in [0.5, 0.6) is 5.75 Å². The molecule has 4 nitrogen and oxygen atoms in total. The number of amides is 1. The van der Waals surface area contributed by atoms with Crippen molar-refractivity contribution in [3.63, 3.8) is 0 Å². The van der Waals surface area contributed by atoms with Gasteiger partial charge in [-0.2, -0.15) is 0 Å². The van der Waals surface area contributed by atoms with Crippen molar-refractivity contribution in [2.45, 2.75) is 39.3 Å². The Hall–Kier alpha value is -1.55. The summed E-state index contributed by atoms with van der Waals surface area (Å²) in [5.74, 6) is 0.277. The van der Waals surface area contributed by atoms with Gasteiger partial charge in [-0.1, -0.05) is 25.5 Å². The van der Waals surface area contributed by atoms with Gasteiger partial charge in [0.1, 0.15) is 5.75 Å². The van der Waals surface area contributed by atoms with Crippen LogP contribution in [-0.4, -0.2) is 23.6 Å². The summed E-state index contributed by atoms with van der Waals surface area (Å²) in [6.45, 7) is 5.05. The third kappa shape index (κ3) is 5.68. The van der Waals surface area contributed by atoms with Gasteiger partial charge in [0.05, 0.1) is 6.54 Å². The van der Waals surface area contributed by atoms with Crippen LogP contribution in [0.4, 0.5) is 0 Å². The molecule has 0 saturated heterocycles. The van der Waals surface area contributed by atoms with E-state index in [1.165, 1.54) is 0 Å². The molecule has 0 aliphatic heterocycles. The maximum absolute atomic E-state index is 11.6. The zero-order chi connectivity index (χ0) is 13.4. The van der Waals surface area contributed by atoms with Crippen LogP contribution in [0.25, 0.3) is 0 Å². The van der Waals surface area contributed by atoms with Gasteiger partial charge in [0.25, 0.3) is 0 Å². The molecule has 0 aromatic heterocycles. The van der Waals surface area contributed by atoms with Crippen LogP contribution in [0.2, 0.25) is 0 Å². The van der Waals surface area contributed by atoms with E-state index in [9.17, 15) is 4.79 Å². The topological polar surface area (TPSA) is 61.4 Å². The second kappa shape index (κ2) is 7.71. The van der Waals surface area contributed by atoms with Gasteiger partial charge >= 0.3 is 0 Å². The van der Waals surface area contributed by atoms with Gasteiger partial charge in [-0.05, 0) is 31.0 Å². The standard InChI is InChI=1S/C14H22N2O2/c1-3-4-11(2)16-14(18)10-15-9-12-5-7-13(17)8-6-12/h5-8,11,15,17H,3-4,9-10H2,1-2H3,(H,16,18). The molecule has 0 heterocycles. The maximum atomic E-state index is 11.6. The van der Waals surface area contributed by atoms with Crippen molar-refractivity contribution in [3.8, 4) is 5.75 Å². The fourth-order valence-corrected chi connectivity index (χ4v) is 1.77. The number of aromatic hydroxyl groups is 1. The predicted octanol–water partition coefficient (Wildman–Crippen LogP) is 1.79. The molecule has 4 heteroatoms. The lowest BCUT2D eigenvalue weighted by Crippen LogP contribution is -2.38. The maximum Gasteiger partial charge on any atom is 0.234 e. The average molecular weight is 250 g/mol. The molecule has 100 valence electrons. The van der Waals surface area contributed by atoms with Crippen molar-refractivity contribution in [3.05, 3.63) is 29.8 Å². The van der Waals surface area contributed by atoms with E-state index in [1.807, 2.05) is 19.1 Å². The molecular formula is C14H22N2O2. The molecule has 0 fully saturated rings. The van der Waals surface area contributed by atoms with Gasteiger partial charge in [-0.3, -0.25) is 4.79 Å². The minimum atomic E-state index is 0.0229. The monoisotopic (exact) mass is 250 g/mol. The quantitative estimate of drug-likeness (QED) is 0.691. The number of carbonyl (C=O) groups is 1. The molecule has 1 aromatic rings. The molecule has 1 aromatic carbocycles. The summed E-state index contributed by atoms with van der Waals surface area (Å²) in [5.41, 5.74) is 1.04. The van der Waals surface area contributed by atoms with Crippen molar-refractivity contribution in [2.75, 3.05) is 6.54 Å². The number of hydrogen-bond donors (Lipinski definition) is 3. The van der Waals surface area contributed by atoms with Crippen molar-refractivity contribution in [1.82, 2.24) is 10.6 Å². The van der Waals surface area contributed by atoms with Crippen molar-refractivity contribution >= 4 is 5.91 Å². The number of rotatable bonds is 7. The number of benzene rings is 1. The Morgan fingerprint density at radius 1 is 1.33 bits per heavy atom. The highest BCUT2D eigenvalue weighted by molar-refractivity contribution is 5.78. The Morgan fingerprint density at radius 2 is 2.00 bits per heavy atom. The van der Waals surface area contributed by atoms with Gasteiger partial charge in [-0.25, -0.2) is 0 Å². The second-order valence-corrected chi connectivity index (χ2v) is 4.53. The van der Waals surface area contributed by atoms with Gasteiger partial charge in [0.15, 0.2) is 0 Å². The van der Waals surface area contributed by atoms with Gasteiger partial charge in [0, 0.05) is 12.6 Å². The summed E-state index contributed by atoms with van der Waals surface area (Å²) in [5, 5.41) is 15.1. The fourth-order valence-electron chi connectivity index (χ4n) is 1.77. The summed E-state index contributed by atoms with van der Waals surface area (Å²) in [7, 11) is 0. The van der Waals surface area contributed by atoms with Crippen LogP contribution in [0.15, 0.2) is 24.3 Å². The Morgan fingerprint density at radius 3 is 2.61 bits per heavy atom. The first kappa shape index (κ1) is 14.5. The summed E-state index contributed by atoms with van der Waals surface area (Å²) >= 11 is 0. The van der Waals surface area contributed by atoms with Gasteiger partial charge in [0.2, 0.25) is 5.91 Å². The van der Waals surface area contributed by atoms with E-state index in [0.717, 1.165) is 18.4 Å². The lowest BCUT2D eigenvalue weighted by Gasteiger charge is -2.13. The van der Waals surface area contributed by atoms with Crippen LogP contribution >= 0.6 is 0 Å². The Labute approximate surface area is 108 Å². The smallest absolute Gasteiger partial charge is 0.234 e. The highest BCUT2D eigenvalue weighted by atomic mass is 16.3. The summed E-state index contributed by atoms with van der Waals surface area (Å²) in [4.78, 5) is 11.6. The van der Waals surface area contributed by atoms with E-state index >= 15 is 0 Å². The van der Waals surface area contributed by atoms with Crippen molar-refractivity contribution in [2.24, 2.45) is 0 Å². The van der Waals surface area contributed by atoms with Crippen LogP contribution in [-0.2, 0) is 11.3 Å². The number of phenols is 1. The SMILES string of the molecule is CCCC(C)NC(=O)CNCc1ccc(O)cc1. The highest BCUT2D eigenvalue weighted by Crippen LogP contribution is 2.08. The summed E-state index contributed by atoms with van der Waals surface area (Å²) < 4.78 is 0.